The van der Waals surface area contributed by atoms with Crippen LogP contribution in [-0.4, -0.2) is 32.7 Å². The van der Waals surface area contributed by atoms with Crippen LogP contribution in [0.5, 0.6) is 0 Å². The largest absolute Gasteiger partial charge is 0.480 e. The number of aryl methyl sites for hydroxylation is 1. The van der Waals surface area contributed by atoms with Gasteiger partial charge in [-0.25, -0.2) is 9.78 Å². The van der Waals surface area contributed by atoms with Crippen LogP contribution in [0, 0.1) is 6.92 Å². The van der Waals surface area contributed by atoms with Gasteiger partial charge in [-0.15, -0.1) is 0 Å². The molecule has 0 aliphatic heterocycles. The number of hydrogen-bond donors (Lipinski definition) is 2. The maximum absolute atomic E-state index is 12.5. The minimum Gasteiger partial charge on any atom is -0.480 e. The molecule has 0 atom stereocenters. The molecule has 2 aromatic heterocycles. The molecule has 2 aromatic rings. The quantitative estimate of drug-likeness (QED) is 0.897. The lowest BCUT2D eigenvalue weighted by Crippen LogP contribution is -2.49. The lowest BCUT2D eigenvalue weighted by Gasteiger charge is -2.21. The van der Waals surface area contributed by atoms with E-state index in [4.69, 9.17) is 9.63 Å². The van der Waals surface area contributed by atoms with Gasteiger partial charge in [0, 0.05) is 5.69 Å². The van der Waals surface area contributed by atoms with Crippen molar-refractivity contribution in [3.05, 3.63) is 23.0 Å². The van der Waals surface area contributed by atoms with E-state index in [2.05, 4.69) is 15.5 Å². The molecular weight excluding hydrogens is 286 g/mol. The second-order valence-electron chi connectivity index (χ2n) is 6.08. The monoisotopic (exact) mass is 305 g/mol. The summed E-state index contributed by atoms with van der Waals surface area (Å²) in [5.74, 6) is -1.51. The molecule has 0 aromatic carbocycles. The van der Waals surface area contributed by atoms with Gasteiger partial charge in [-0.1, -0.05) is 19.0 Å². The van der Waals surface area contributed by atoms with E-state index < -0.39 is 17.4 Å². The molecule has 2 heterocycles. The summed E-state index contributed by atoms with van der Waals surface area (Å²) in [4.78, 5) is 28.1. The molecule has 0 aliphatic carbocycles. The third kappa shape index (κ3) is 2.79. The molecule has 1 amide bonds. The molecule has 0 radical (unpaired) electrons. The molecule has 2 N–H and O–H groups in total. The van der Waals surface area contributed by atoms with Crippen molar-refractivity contribution in [1.29, 1.82) is 0 Å². The third-order valence-corrected chi connectivity index (χ3v) is 3.43. The highest BCUT2D eigenvalue weighted by molar-refractivity contribution is 6.07. The number of hydrogen-bond acceptors (Lipinski definition) is 5. The van der Waals surface area contributed by atoms with Crippen LogP contribution in [0.4, 0.5) is 0 Å². The van der Waals surface area contributed by atoms with Gasteiger partial charge in [-0.3, -0.25) is 4.79 Å². The Bertz CT molecular complexity index is 747. The Morgan fingerprint density at radius 2 is 2.00 bits per heavy atom. The van der Waals surface area contributed by atoms with E-state index in [1.165, 1.54) is 13.8 Å². The number of carboxylic acid groups (broad SMARTS) is 1. The number of aromatic nitrogens is 2. The van der Waals surface area contributed by atoms with Crippen LogP contribution in [0.15, 0.2) is 10.6 Å². The molecule has 0 aliphatic rings. The molecule has 0 saturated heterocycles. The molecule has 118 valence electrons. The lowest BCUT2D eigenvalue weighted by atomic mass is 10.0. The molecule has 0 bridgehead atoms. The van der Waals surface area contributed by atoms with Gasteiger partial charge in [0.25, 0.3) is 11.6 Å². The van der Waals surface area contributed by atoms with Crippen LogP contribution >= 0.6 is 0 Å². The SMILES string of the molecule is Cc1noc2nc(C(C)C)cc(C(=O)NC(C)(C)C(=O)O)c12. The Morgan fingerprint density at radius 3 is 2.55 bits per heavy atom. The van der Waals surface area contributed by atoms with Gasteiger partial charge < -0.3 is 14.9 Å². The van der Waals surface area contributed by atoms with Crippen molar-refractivity contribution >= 4 is 23.0 Å². The molecule has 7 nitrogen and oxygen atoms in total. The van der Waals surface area contributed by atoms with Gasteiger partial charge >= 0.3 is 5.97 Å². The number of pyridine rings is 1. The molecule has 0 unspecified atom stereocenters. The van der Waals surface area contributed by atoms with E-state index in [1.54, 1.807) is 13.0 Å². The van der Waals surface area contributed by atoms with Crippen molar-refractivity contribution in [2.45, 2.75) is 46.1 Å². The smallest absolute Gasteiger partial charge is 0.328 e. The topological polar surface area (TPSA) is 105 Å². The molecule has 0 fully saturated rings. The second kappa shape index (κ2) is 5.40. The van der Waals surface area contributed by atoms with E-state index in [-0.39, 0.29) is 11.6 Å². The van der Waals surface area contributed by atoms with Gasteiger partial charge in [0.1, 0.15) is 5.54 Å². The minimum atomic E-state index is -1.38. The molecule has 2 rings (SSSR count). The van der Waals surface area contributed by atoms with E-state index >= 15 is 0 Å². The van der Waals surface area contributed by atoms with E-state index in [9.17, 15) is 9.59 Å². The molecule has 0 spiro atoms. The normalized spacial score (nSPS) is 11.9. The number of aliphatic carboxylic acids is 1. The first-order chi connectivity index (χ1) is 10.1. The zero-order valence-electron chi connectivity index (χ0n) is 13.2. The summed E-state index contributed by atoms with van der Waals surface area (Å²) >= 11 is 0. The Hall–Kier alpha value is -2.44. The second-order valence-corrected chi connectivity index (χ2v) is 6.08. The van der Waals surface area contributed by atoms with Crippen molar-refractivity contribution in [3.8, 4) is 0 Å². The number of nitrogens with one attached hydrogen (secondary N) is 1. The average Bonchev–Trinajstić information content (AvgIpc) is 2.78. The fraction of sp³-hybridized carbons (Fsp3) is 0.467. The van der Waals surface area contributed by atoms with Gasteiger partial charge in [0.2, 0.25) is 0 Å². The maximum atomic E-state index is 12.5. The number of nitrogens with zero attached hydrogens (tertiary/aromatic N) is 2. The fourth-order valence-electron chi connectivity index (χ4n) is 1.99. The Morgan fingerprint density at radius 1 is 1.36 bits per heavy atom. The van der Waals surface area contributed by atoms with Crippen LogP contribution in [0.25, 0.3) is 11.1 Å². The van der Waals surface area contributed by atoms with Crippen LogP contribution in [0.2, 0.25) is 0 Å². The predicted octanol–water partition coefficient (Wildman–Crippen LogP) is 2.25. The summed E-state index contributed by atoms with van der Waals surface area (Å²) in [6.45, 7) is 8.45. The van der Waals surface area contributed by atoms with Crippen LogP contribution in [-0.2, 0) is 4.79 Å². The maximum Gasteiger partial charge on any atom is 0.328 e. The Labute approximate surface area is 127 Å². The van der Waals surface area contributed by atoms with Crippen molar-refractivity contribution in [3.63, 3.8) is 0 Å². The average molecular weight is 305 g/mol. The first kappa shape index (κ1) is 15.9. The summed E-state index contributed by atoms with van der Waals surface area (Å²) < 4.78 is 5.15. The summed E-state index contributed by atoms with van der Waals surface area (Å²) in [5, 5.41) is 16.0. The molecular formula is C15H19N3O4. The van der Waals surface area contributed by atoms with Crippen molar-refractivity contribution < 1.29 is 19.2 Å². The van der Waals surface area contributed by atoms with Crippen LogP contribution in [0.3, 0.4) is 0 Å². The predicted molar refractivity (Wildman–Crippen MR) is 79.8 cm³/mol. The van der Waals surface area contributed by atoms with Gasteiger partial charge in [0.05, 0.1) is 16.6 Å². The highest BCUT2D eigenvalue weighted by atomic mass is 16.5. The lowest BCUT2D eigenvalue weighted by molar-refractivity contribution is -0.143. The summed E-state index contributed by atoms with van der Waals surface area (Å²) in [6, 6.07) is 1.66. The standard InChI is InChI=1S/C15H19N3O4/c1-7(2)10-6-9(11-8(3)18-22-13(11)16-10)12(19)17-15(4,5)14(20)21/h6-7H,1-5H3,(H,17,19)(H,20,21). The summed E-state index contributed by atoms with van der Waals surface area (Å²) in [6.07, 6.45) is 0. The van der Waals surface area contributed by atoms with Gasteiger partial charge in [-0.2, -0.15) is 0 Å². The molecule has 0 saturated carbocycles. The first-order valence-corrected chi connectivity index (χ1v) is 6.96. The highest BCUT2D eigenvalue weighted by Gasteiger charge is 2.31. The molecule has 7 heteroatoms. The van der Waals surface area contributed by atoms with Crippen molar-refractivity contribution in [1.82, 2.24) is 15.5 Å². The number of carbonyl (C=O) groups is 2. The van der Waals surface area contributed by atoms with Crippen molar-refractivity contribution in [2.75, 3.05) is 0 Å². The third-order valence-electron chi connectivity index (χ3n) is 3.43. The first-order valence-electron chi connectivity index (χ1n) is 6.96. The van der Waals surface area contributed by atoms with Gasteiger partial charge in [0.15, 0.2) is 0 Å². The van der Waals surface area contributed by atoms with E-state index in [0.717, 1.165) is 0 Å². The molecule has 22 heavy (non-hydrogen) atoms. The highest BCUT2D eigenvalue weighted by Crippen LogP contribution is 2.25. The van der Waals surface area contributed by atoms with E-state index in [0.29, 0.717) is 22.3 Å². The Kier molecular flexibility index (Phi) is 3.91. The number of carbonyl (C=O) groups excluding carboxylic acids is 1. The van der Waals surface area contributed by atoms with Crippen LogP contribution < -0.4 is 5.32 Å². The van der Waals surface area contributed by atoms with Gasteiger partial charge in [-0.05, 0) is 32.8 Å². The Balaban J connectivity index is 2.55. The van der Waals surface area contributed by atoms with Crippen LogP contribution in [0.1, 0.15) is 55.4 Å². The zero-order chi connectivity index (χ0) is 16.7. The zero-order valence-corrected chi connectivity index (χ0v) is 13.2. The number of carboxylic acids is 1. The summed E-state index contributed by atoms with van der Waals surface area (Å²) in [5.41, 5.74) is 0.442. The number of amides is 1. The van der Waals surface area contributed by atoms with E-state index in [1.807, 2.05) is 13.8 Å². The minimum absolute atomic E-state index is 0.0915. The number of rotatable bonds is 4. The number of fused-ring (bicyclic) bond motifs is 1. The summed E-state index contributed by atoms with van der Waals surface area (Å²) in [7, 11) is 0. The van der Waals surface area contributed by atoms with Crippen molar-refractivity contribution in [2.24, 2.45) is 0 Å². The fourth-order valence-corrected chi connectivity index (χ4v) is 1.99.